The van der Waals surface area contributed by atoms with Crippen molar-refractivity contribution in [2.24, 2.45) is 0 Å². The summed E-state index contributed by atoms with van der Waals surface area (Å²) in [5, 5.41) is 14.7. The Morgan fingerprint density at radius 1 is 1.11 bits per heavy atom. The van der Waals surface area contributed by atoms with Crippen molar-refractivity contribution in [1.82, 2.24) is 25.6 Å². The maximum Gasteiger partial charge on any atom is 0.274 e. The minimum atomic E-state index is -0.159. The van der Waals surface area contributed by atoms with E-state index in [4.69, 9.17) is 0 Å². The summed E-state index contributed by atoms with van der Waals surface area (Å²) in [6.45, 7) is 3.69. The molecule has 1 aromatic heterocycles. The second-order valence-electron chi connectivity index (χ2n) is 6.86. The predicted octanol–water partition coefficient (Wildman–Crippen LogP) is 3.15. The lowest BCUT2D eigenvalue weighted by Crippen LogP contribution is -2.45. The smallest absolute Gasteiger partial charge is 0.274 e. The monoisotopic (exact) mass is 397 g/mol. The second-order valence-corrected chi connectivity index (χ2v) is 6.86. The molecule has 1 saturated heterocycles. The molecule has 0 bridgehead atoms. The van der Waals surface area contributed by atoms with E-state index in [1.165, 1.54) is 5.56 Å². The number of carbonyl (C=O) groups is 1. The lowest BCUT2D eigenvalue weighted by molar-refractivity contribution is 0.0925. The van der Waals surface area contributed by atoms with E-state index in [0.29, 0.717) is 5.69 Å². The van der Waals surface area contributed by atoms with Crippen LogP contribution in [-0.4, -0.2) is 40.0 Å². The zero-order valence-electron chi connectivity index (χ0n) is 15.8. The van der Waals surface area contributed by atoms with E-state index < -0.39 is 0 Å². The van der Waals surface area contributed by atoms with E-state index >= 15 is 0 Å². The standard InChI is InChI=1S/C21H23N5O.ClH/c1-15-20(21(27)23-18-8-5-13-22-14-18)24-25-26(15)19-11-9-17(10-12-19)16-6-3-2-4-7-16;/h2-4,6-7,9-12,18,22H,5,8,13-14H2,1H3,(H,23,27);1H/t18-;/m0./s1. The number of benzene rings is 2. The Bertz CT molecular complexity index is 918. The van der Waals surface area contributed by atoms with Crippen LogP contribution < -0.4 is 10.6 Å². The largest absolute Gasteiger partial charge is 0.347 e. The maximum absolute atomic E-state index is 12.6. The van der Waals surface area contributed by atoms with Crippen LogP contribution >= 0.6 is 12.4 Å². The number of rotatable bonds is 4. The summed E-state index contributed by atoms with van der Waals surface area (Å²) in [6.07, 6.45) is 2.07. The van der Waals surface area contributed by atoms with Gasteiger partial charge in [0.1, 0.15) is 0 Å². The number of hydrogen-bond donors (Lipinski definition) is 2. The fourth-order valence-electron chi connectivity index (χ4n) is 3.44. The Hall–Kier alpha value is -2.70. The first kappa shape index (κ1) is 20.0. The van der Waals surface area contributed by atoms with Crippen LogP contribution in [0.3, 0.4) is 0 Å². The number of nitrogens with zero attached hydrogens (tertiary/aromatic N) is 3. The molecule has 0 radical (unpaired) electrons. The van der Waals surface area contributed by atoms with E-state index in [1.54, 1.807) is 4.68 Å². The number of carbonyl (C=O) groups excluding carboxylic acids is 1. The van der Waals surface area contributed by atoms with Gasteiger partial charge in [-0.15, -0.1) is 17.5 Å². The highest BCUT2D eigenvalue weighted by atomic mass is 35.5. The highest BCUT2D eigenvalue weighted by Crippen LogP contribution is 2.21. The van der Waals surface area contributed by atoms with Crippen molar-refractivity contribution in [3.8, 4) is 16.8 Å². The fraction of sp³-hybridized carbons (Fsp3) is 0.286. The Morgan fingerprint density at radius 2 is 1.82 bits per heavy atom. The third kappa shape index (κ3) is 4.24. The van der Waals surface area contributed by atoms with Gasteiger partial charge in [0.05, 0.1) is 11.4 Å². The topological polar surface area (TPSA) is 71.8 Å². The molecule has 6 nitrogen and oxygen atoms in total. The lowest BCUT2D eigenvalue weighted by atomic mass is 10.1. The van der Waals surface area contributed by atoms with Crippen LogP contribution in [0.1, 0.15) is 29.0 Å². The average Bonchev–Trinajstić information content (AvgIpc) is 3.11. The van der Waals surface area contributed by atoms with Crippen molar-refractivity contribution in [2.45, 2.75) is 25.8 Å². The number of hydrogen-bond acceptors (Lipinski definition) is 4. The molecule has 4 rings (SSSR count). The van der Waals surface area contributed by atoms with Crippen LogP contribution in [-0.2, 0) is 0 Å². The quantitative estimate of drug-likeness (QED) is 0.709. The number of halogens is 1. The molecular formula is C21H24ClN5O. The number of aromatic nitrogens is 3. The zero-order valence-corrected chi connectivity index (χ0v) is 16.6. The highest BCUT2D eigenvalue weighted by Gasteiger charge is 2.21. The van der Waals surface area contributed by atoms with Crippen molar-refractivity contribution < 1.29 is 4.79 Å². The second kappa shape index (κ2) is 8.99. The molecule has 0 aliphatic carbocycles. The van der Waals surface area contributed by atoms with Crippen LogP contribution in [0.2, 0.25) is 0 Å². The Kier molecular flexibility index (Phi) is 6.44. The summed E-state index contributed by atoms with van der Waals surface area (Å²) in [6, 6.07) is 18.5. The van der Waals surface area contributed by atoms with E-state index in [-0.39, 0.29) is 24.4 Å². The van der Waals surface area contributed by atoms with Crippen molar-refractivity contribution in [1.29, 1.82) is 0 Å². The van der Waals surface area contributed by atoms with Gasteiger partial charge in [-0.2, -0.15) is 0 Å². The molecule has 0 spiro atoms. The van der Waals surface area contributed by atoms with Gasteiger partial charge in [-0.25, -0.2) is 4.68 Å². The molecule has 2 N–H and O–H groups in total. The third-order valence-corrected chi connectivity index (χ3v) is 4.96. The normalized spacial score (nSPS) is 16.2. The Morgan fingerprint density at radius 3 is 2.50 bits per heavy atom. The molecule has 0 saturated carbocycles. The average molecular weight is 398 g/mol. The summed E-state index contributed by atoms with van der Waals surface area (Å²) in [5.41, 5.74) is 4.31. The molecule has 1 atom stereocenters. The number of nitrogens with one attached hydrogen (secondary N) is 2. The summed E-state index contributed by atoms with van der Waals surface area (Å²) < 4.78 is 1.71. The summed E-state index contributed by atoms with van der Waals surface area (Å²) in [5.74, 6) is -0.159. The van der Waals surface area contributed by atoms with Crippen LogP contribution in [0.5, 0.6) is 0 Å². The minimum absolute atomic E-state index is 0. The zero-order chi connectivity index (χ0) is 18.6. The van der Waals surface area contributed by atoms with Gasteiger partial charge in [0.2, 0.25) is 0 Å². The van der Waals surface area contributed by atoms with E-state index in [9.17, 15) is 4.79 Å². The fourth-order valence-corrected chi connectivity index (χ4v) is 3.44. The van der Waals surface area contributed by atoms with Crippen molar-refractivity contribution in [2.75, 3.05) is 13.1 Å². The number of piperidine rings is 1. The highest BCUT2D eigenvalue weighted by molar-refractivity contribution is 5.93. The molecule has 146 valence electrons. The Balaban J connectivity index is 0.00000225. The van der Waals surface area contributed by atoms with Crippen LogP contribution in [0.25, 0.3) is 16.8 Å². The molecule has 1 aliphatic heterocycles. The first-order chi connectivity index (χ1) is 13.2. The summed E-state index contributed by atoms with van der Waals surface area (Å²) in [4.78, 5) is 12.6. The molecular weight excluding hydrogens is 374 g/mol. The third-order valence-electron chi connectivity index (χ3n) is 4.96. The maximum atomic E-state index is 12.6. The minimum Gasteiger partial charge on any atom is -0.347 e. The van der Waals surface area contributed by atoms with Crippen molar-refractivity contribution in [3.05, 3.63) is 66.0 Å². The van der Waals surface area contributed by atoms with Crippen molar-refractivity contribution >= 4 is 18.3 Å². The van der Waals surface area contributed by atoms with Crippen molar-refractivity contribution in [3.63, 3.8) is 0 Å². The molecule has 0 unspecified atom stereocenters. The molecule has 7 heteroatoms. The van der Waals surface area contributed by atoms with E-state index in [1.807, 2.05) is 37.3 Å². The first-order valence-corrected chi connectivity index (χ1v) is 9.32. The lowest BCUT2D eigenvalue weighted by Gasteiger charge is -2.23. The molecule has 28 heavy (non-hydrogen) atoms. The van der Waals surface area contributed by atoms with Gasteiger partial charge >= 0.3 is 0 Å². The molecule has 1 aliphatic rings. The number of amides is 1. The Labute approximate surface area is 170 Å². The summed E-state index contributed by atoms with van der Waals surface area (Å²) >= 11 is 0. The molecule has 2 aromatic carbocycles. The molecule has 2 heterocycles. The van der Waals surface area contributed by atoms with Crippen LogP contribution in [0, 0.1) is 6.92 Å². The van der Waals surface area contributed by atoms with Crippen LogP contribution in [0.4, 0.5) is 0 Å². The van der Waals surface area contributed by atoms with E-state index in [0.717, 1.165) is 42.9 Å². The molecule has 1 amide bonds. The van der Waals surface area contributed by atoms with Gasteiger partial charge in [0.15, 0.2) is 5.69 Å². The SMILES string of the molecule is Cc1c(C(=O)N[C@H]2CCCNC2)nnn1-c1ccc(-c2ccccc2)cc1.Cl. The van der Waals surface area contributed by atoms with E-state index in [2.05, 4.69) is 45.2 Å². The van der Waals surface area contributed by atoms with Gasteiger partial charge in [-0.3, -0.25) is 4.79 Å². The van der Waals surface area contributed by atoms with Gasteiger partial charge in [-0.05, 0) is 49.6 Å². The van der Waals surface area contributed by atoms with Gasteiger partial charge < -0.3 is 10.6 Å². The van der Waals surface area contributed by atoms with Gasteiger partial charge in [-0.1, -0.05) is 47.7 Å². The predicted molar refractivity (Wildman–Crippen MR) is 112 cm³/mol. The van der Waals surface area contributed by atoms with Gasteiger partial charge in [0, 0.05) is 12.6 Å². The first-order valence-electron chi connectivity index (χ1n) is 9.32. The molecule has 3 aromatic rings. The summed E-state index contributed by atoms with van der Waals surface area (Å²) in [7, 11) is 0. The van der Waals surface area contributed by atoms with Gasteiger partial charge in [0.25, 0.3) is 5.91 Å². The van der Waals surface area contributed by atoms with Crippen LogP contribution in [0.15, 0.2) is 54.6 Å². The molecule has 1 fully saturated rings.